The monoisotopic (exact) mass is 298 g/mol. The third-order valence-electron chi connectivity index (χ3n) is 2.11. The molecule has 0 saturated heterocycles. The minimum absolute atomic E-state index is 0.300. The molecule has 18 heavy (non-hydrogen) atoms. The van der Waals surface area contributed by atoms with Crippen LogP contribution in [0, 0.1) is 17.5 Å². The highest BCUT2D eigenvalue weighted by atomic mass is 32.2. The number of sulfonamides is 1. The Hall–Kier alpha value is -1.35. The summed E-state index contributed by atoms with van der Waals surface area (Å²) >= 11 is 4.51. The van der Waals surface area contributed by atoms with E-state index in [1.807, 2.05) is 4.72 Å². The van der Waals surface area contributed by atoms with Crippen LogP contribution in [0.15, 0.2) is 12.1 Å². The number of halogens is 3. The topological polar surface area (TPSA) is 72.2 Å². The SMILES string of the molecule is CC(C(N)=S)S(=O)(=O)Nc1cc(F)c(F)c(F)c1. The van der Waals surface area contributed by atoms with E-state index in [9.17, 15) is 21.6 Å². The van der Waals surface area contributed by atoms with Crippen molar-refractivity contribution in [2.45, 2.75) is 12.2 Å². The number of hydrogen-bond donors (Lipinski definition) is 2. The highest BCUT2D eigenvalue weighted by Gasteiger charge is 2.24. The lowest BCUT2D eigenvalue weighted by molar-refractivity contribution is 0.448. The zero-order valence-electron chi connectivity index (χ0n) is 9.08. The van der Waals surface area contributed by atoms with Gasteiger partial charge in [-0.25, -0.2) is 21.6 Å². The fourth-order valence-corrected chi connectivity index (χ4v) is 2.33. The Bertz CT molecular complexity index is 566. The van der Waals surface area contributed by atoms with Crippen molar-refractivity contribution in [1.29, 1.82) is 0 Å². The van der Waals surface area contributed by atoms with Gasteiger partial charge in [0.1, 0.15) is 5.25 Å². The van der Waals surface area contributed by atoms with Gasteiger partial charge in [-0.1, -0.05) is 12.2 Å². The zero-order valence-corrected chi connectivity index (χ0v) is 10.7. The van der Waals surface area contributed by atoms with E-state index in [1.54, 1.807) is 0 Å². The fraction of sp³-hybridized carbons (Fsp3) is 0.222. The smallest absolute Gasteiger partial charge is 0.241 e. The summed E-state index contributed by atoms with van der Waals surface area (Å²) in [6.45, 7) is 1.21. The average Bonchev–Trinajstić information content (AvgIpc) is 2.23. The molecular formula is C9H9F3N2O2S2. The number of hydrogen-bond acceptors (Lipinski definition) is 3. The van der Waals surface area contributed by atoms with Gasteiger partial charge < -0.3 is 5.73 Å². The van der Waals surface area contributed by atoms with E-state index in [1.165, 1.54) is 6.92 Å². The number of rotatable bonds is 4. The van der Waals surface area contributed by atoms with Crippen LogP contribution in [-0.4, -0.2) is 18.7 Å². The van der Waals surface area contributed by atoms with E-state index in [-0.39, 0.29) is 4.99 Å². The van der Waals surface area contributed by atoms with Crippen LogP contribution in [-0.2, 0) is 10.0 Å². The second kappa shape index (κ2) is 5.11. The van der Waals surface area contributed by atoms with Gasteiger partial charge in [-0.2, -0.15) is 0 Å². The summed E-state index contributed by atoms with van der Waals surface area (Å²) in [6.07, 6.45) is 0. The summed E-state index contributed by atoms with van der Waals surface area (Å²) in [5.41, 5.74) is 4.71. The van der Waals surface area contributed by atoms with Crippen LogP contribution in [0.25, 0.3) is 0 Å². The lowest BCUT2D eigenvalue weighted by Gasteiger charge is -2.13. The Morgan fingerprint density at radius 3 is 2.17 bits per heavy atom. The molecule has 1 rings (SSSR count). The van der Waals surface area contributed by atoms with Crippen molar-refractivity contribution in [3.8, 4) is 0 Å². The van der Waals surface area contributed by atoms with Crippen LogP contribution in [0.4, 0.5) is 18.9 Å². The highest BCUT2D eigenvalue weighted by molar-refractivity contribution is 7.95. The van der Waals surface area contributed by atoms with E-state index in [0.717, 1.165) is 0 Å². The molecule has 1 unspecified atom stereocenters. The first-order valence-corrected chi connectivity index (χ1v) is 6.56. The molecule has 0 fully saturated rings. The van der Waals surface area contributed by atoms with Crippen molar-refractivity contribution in [3.63, 3.8) is 0 Å². The molecule has 0 aliphatic heterocycles. The molecule has 1 atom stereocenters. The van der Waals surface area contributed by atoms with E-state index in [4.69, 9.17) is 5.73 Å². The van der Waals surface area contributed by atoms with Gasteiger partial charge in [0, 0.05) is 12.1 Å². The van der Waals surface area contributed by atoms with Gasteiger partial charge in [0.25, 0.3) is 0 Å². The number of anilines is 1. The predicted molar refractivity (Wildman–Crippen MR) is 65.1 cm³/mol. The third kappa shape index (κ3) is 3.10. The molecule has 0 bridgehead atoms. The number of thiocarbonyl (C=S) groups is 1. The Morgan fingerprint density at radius 2 is 1.78 bits per heavy atom. The minimum Gasteiger partial charge on any atom is -0.392 e. The maximum absolute atomic E-state index is 12.9. The first-order chi connectivity index (χ1) is 8.15. The van der Waals surface area contributed by atoms with E-state index >= 15 is 0 Å². The highest BCUT2D eigenvalue weighted by Crippen LogP contribution is 2.19. The Balaban J connectivity index is 3.09. The van der Waals surface area contributed by atoms with Gasteiger partial charge in [0.05, 0.1) is 10.7 Å². The molecule has 1 aromatic carbocycles. The molecule has 0 aromatic heterocycles. The Labute approximate surface area is 107 Å². The van der Waals surface area contributed by atoms with E-state index in [2.05, 4.69) is 12.2 Å². The number of benzene rings is 1. The fourth-order valence-electron chi connectivity index (χ4n) is 1.02. The van der Waals surface area contributed by atoms with Crippen LogP contribution in [0.5, 0.6) is 0 Å². The first kappa shape index (κ1) is 14.7. The number of nitrogens with one attached hydrogen (secondary N) is 1. The first-order valence-electron chi connectivity index (χ1n) is 4.60. The van der Waals surface area contributed by atoms with E-state index < -0.39 is 38.4 Å². The van der Waals surface area contributed by atoms with Gasteiger partial charge >= 0.3 is 0 Å². The Morgan fingerprint density at radius 1 is 1.33 bits per heavy atom. The van der Waals surface area contributed by atoms with Crippen LogP contribution in [0.1, 0.15) is 6.92 Å². The summed E-state index contributed by atoms with van der Waals surface area (Å²) in [4.78, 5) is -0.300. The third-order valence-corrected chi connectivity index (χ3v) is 4.32. The molecule has 1 aromatic rings. The summed E-state index contributed by atoms with van der Waals surface area (Å²) < 4.78 is 63.5. The maximum Gasteiger partial charge on any atom is 0.241 e. The molecule has 3 N–H and O–H groups in total. The van der Waals surface area contributed by atoms with Crippen LogP contribution < -0.4 is 10.5 Å². The molecule has 4 nitrogen and oxygen atoms in total. The second-order valence-electron chi connectivity index (χ2n) is 3.45. The molecule has 0 saturated carbocycles. The lowest BCUT2D eigenvalue weighted by Crippen LogP contribution is -2.35. The molecule has 0 amide bonds. The molecule has 100 valence electrons. The molecule has 0 aliphatic carbocycles. The molecule has 0 spiro atoms. The van der Waals surface area contributed by atoms with Gasteiger partial charge in [-0.05, 0) is 6.92 Å². The summed E-state index contributed by atoms with van der Waals surface area (Å²) in [5, 5.41) is -1.23. The van der Waals surface area contributed by atoms with Crippen molar-refractivity contribution < 1.29 is 21.6 Å². The Kier molecular flexibility index (Phi) is 4.17. The maximum atomic E-state index is 12.9. The van der Waals surface area contributed by atoms with Crippen molar-refractivity contribution in [2.24, 2.45) is 5.73 Å². The molecule has 0 heterocycles. The normalized spacial score (nSPS) is 13.1. The van der Waals surface area contributed by atoms with E-state index in [0.29, 0.717) is 12.1 Å². The van der Waals surface area contributed by atoms with Crippen LogP contribution in [0.3, 0.4) is 0 Å². The average molecular weight is 298 g/mol. The molecule has 9 heteroatoms. The van der Waals surface area contributed by atoms with Crippen molar-refractivity contribution in [1.82, 2.24) is 0 Å². The molecular weight excluding hydrogens is 289 g/mol. The van der Waals surface area contributed by atoms with Crippen molar-refractivity contribution in [3.05, 3.63) is 29.6 Å². The van der Waals surface area contributed by atoms with Crippen molar-refractivity contribution >= 4 is 32.9 Å². The summed E-state index contributed by atoms with van der Waals surface area (Å²) in [7, 11) is -4.03. The van der Waals surface area contributed by atoms with Gasteiger partial charge in [0.2, 0.25) is 10.0 Å². The molecule has 0 aliphatic rings. The lowest BCUT2D eigenvalue weighted by atomic mass is 10.3. The van der Waals surface area contributed by atoms with Gasteiger partial charge in [-0.3, -0.25) is 4.72 Å². The zero-order chi connectivity index (χ0) is 14.1. The summed E-state index contributed by atoms with van der Waals surface area (Å²) in [6, 6.07) is 1.03. The largest absolute Gasteiger partial charge is 0.392 e. The second-order valence-corrected chi connectivity index (χ2v) is 5.92. The predicted octanol–water partition coefficient (Wildman–Crippen LogP) is 1.52. The standard InChI is InChI=1S/C9H9F3N2O2S2/c1-4(9(13)17)18(15,16)14-5-2-6(10)8(12)7(11)3-5/h2-4,14H,1H3,(H2,13,17). The summed E-state index contributed by atoms with van der Waals surface area (Å²) in [5.74, 6) is -4.69. The quantitative estimate of drug-likeness (QED) is 0.653. The van der Waals surface area contributed by atoms with Crippen molar-refractivity contribution in [2.75, 3.05) is 4.72 Å². The number of nitrogens with two attached hydrogens (primary N) is 1. The van der Waals surface area contributed by atoms with Gasteiger partial charge in [0.15, 0.2) is 17.5 Å². The minimum atomic E-state index is -4.03. The van der Waals surface area contributed by atoms with Gasteiger partial charge in [-0.15, -0.1) is 0 Å². The van der Waals surface area contributed by atoms with Crippen LogP contribution in [0.2, 0.25) is 0 Å². The van der Waals surface area contributed by atoms with Crippen LogP contribution >= 0.6 is 12.2 Å². The molecule has 0 radical (unpaired) electrons.